The minimum absolute atomic E-state index is 0.0455. The Morgan fingerprint density at radius 3 is 2.37 bits per heavy atom. The summed E-state index contributed by atoms with van der Waals surface area (Å²) < 4.78 is 38.4. The van der Waals surface area contributed by atoms with Crippen LogP contribution in [0.1, 0.15) is 27.4 Å². The SMILES string of the molecule is Cc1nc2nc(C(F)(F)F)c(C=O)c(C)c2c(=O)[nH]1. The third-order valence-electron chi connectivity index (χ3n) is 2.66. The predicted octanol–water partition coefficient (Wildman–Crippen LogP) is 1.77. The number of aldehydes is 1. The quantitative estimate of drug-likeness (QED) is 0.802. The van der Waals surface area contributed by atoms with E-state index in [1.165, 1.54) is 13.8 Å². The number of aryl methyl sites for hydroxylation is 2. The van der Waals surface area contributed by atoms with E-state index >= 15 is 0 Å². The maximum atomic E-state index is 12.8. The van der Waals surface area contributed by atoms with E-state index in [4.69, 9.17) is 0 Å². The van der Waals surface area contributed by atoms with Crippen LogP contribution in [0, 0.1) is 13.8 Å². The van der Waals surface area contributed by atoms with Crippen molar-refractivity contribution >= 4 is 17.3 Å². The number of hydrogen-bond donors (Lipinski definition) is 1. The number of nitrogens with one attached hydrogen (secondary N) is 1. The molecule has 1 N–H and O–H groups in total. The number of hydrogen-bond acceptors (Lipinski definition) is 4. The molecular weight excluding hydrogens is 263 g/mol. The van der Waals surface area contributed by atoms with Gasteiger partial charge in [0, 0.05) is 5.56 Å². The zero-order valence-corrected chi connectivity index (χ0v) is 9.92. The standard InChI is InChI=1S/C11H8F3N3O2/c1-4-6(3-18)8(11(12,13)14)17-9-7(4)10(19)16-5(2)15-9/h3H,1-2H3,(H,15,16,17,19). The minimum Gasteiger partial charge on any atom is -0.310 e. The zero-order chi connectivity index (χ0) is 14.4. The third kappa shape index (κ3) is 2.09. The van der Waals surface area contributed by atoms with Gasteiger partial charge in [-0.2, -0.15) is 13.2 Å². The molecule has 19 heavy (non-hydrogen) atoms. The molecule has 0 fully saturated rings. The number of nitrogens with zero attached hydrogens (tertiary/aromatic N) is 2. The maximum Gasteiger partial charge on any atom is 0.434 e. The van der Waals surface area contributed by atoms with Gasteiger partial charge in [0.05, 0.1) is 5.39 Å². The van der Waals surface area contributed by atoms with Crippen molar-refractivity contribution in [2.75, 3.05) is 0 Å². The van der Waals surface area contributed by atoms with Gasteiger partial charge in [0.15, 0.2) is 17.6 Å². The van der Waals surface area contributed by atoms with Gasteiger partial charge in [-0.3, -0.25) is 9.59 Å². The molecule has 0 atom stereocenters. The van der Waals surface area contributed by atoms with E-state index in [-0.39, 0.29) is 28.7 Å². The highest BCUT2D eigenvalue weighted by Gasteiger charge is 2.37. The van der Waals surface area contributed by atoms with Crippen LogP contribution in [0.25, 0.3) is 11.0 Å². The number of halogens is 3. The Morgan fingerprint density at radius 2 is 1.84 bits per heavy atom. The molecule has 0 saturated heterocycles. The lowest BCUT2D eigenvalue weighted by molar-refractivity contribution is -0.141. The van der Waals surface area contributed by atoms with Crippen molar-refractivity contribution in [1.29, 1.82) is 0 Å². The average molecular weight is 271 g/mol. The molecule has 2 aromatic heterocycles. The molecule has 0 aliphatic carbocycles. The number of fused-ring (bicyclic) bond motifs is 1. The predicted molar refractivity (Wildman–Crippen MR) is 60.0 cm³/mol. The first-order valence-corrected chi connectivity index (χ1v) is 5.19. The molecule has 0 aromatic carbocycles. The summed E-state index contributed by atoms with van der Waals surface area (Å²) in [5.74, 6) is 0.149. The van der Waals surface area contributed by atoms with Gasteiger partial charge in [-0.05, 0) is 19.4 Å². The Hall–Kier alpha value is -2.25. The lowest BCUT2D eigenvalue weighted by Gasteiger charge is -2.12. The largest absolute Gasteiger partial charge is 0.434 e. The Balaban J connectivity index is 3.02. The number of carbonyl (C=O) groups is 1. The Morgan fingerprint density at radius 1 is 1.21 bits per heavy atom. The van der Waals surface area contributed by atoms with Crippen LogP contribution in [0.3, 0.4) is 0 Å². The molecule has 100 valence electrons. The monoisotopic (exact) mass is 271 g/mol. The molecule has 2 aromatic rings. The molecule has 0 aliphatic rings. The van der Waals surface area contributed by atoms with Gasteiger partial charge < -0.3 is 4.98 Å². The van der Waals surface area contributed by atoms with E-state index in [0.717, 1.165) is 0 Å². The molecule has 0 amide bonds. The summed E-state index contributed by atoms with van der Waals surface area (Å²) in [5.41, 5.74) is -3.00. The van der Waals surface area contributed by atoms with Gasteiger partial charge >= 0.3 is 6.18 Å². The summed E-state index contributed by atoms with van der Waals surface area (Å²) in [5, 5.41) is -0.110. The van der Waals surface area contributed by atoms with E-state index in [1.807, 2.05) is 0 Å². The van der Waals surface area contributed by atoms with Crippen molar-refractivity contribution in [3.05, 3.63) is 33.0 Å². The number of carbonyl (C=O) groups excluding carboxylic acids is 1. The van der Waals surface area contributed by atoms with Crippen LogP contribution < -0.4 is 5.56 Å². The van der Waals surface area contributed by atoms with Gasteiger partial charge in [-0.15, -0.1) is 0 Å². The second kappa shape index (κ2) is 4.15. The molecule has 0 spiro atoms. The summed E-state index contributed by atoms with van der Waals surface area (Å²) in [6.07, 6.45) is -4.74. The van der Waals surface area contributed by atoms with E-state index < -0.39 is 23.0 Å². The Labute approximate surface area is 104 Å². The van der Waals surface area contributed by atoms with Gasteiger partial charge in [-0.25, -0.2) is 9.97 Å². The first kappa shape index (κ1) is 13.2. The number of aromatic amines is 1. The Bertz CT molecular complexity index is 735. The number of aromatic nitrogens is 3. The topological polar surface area (TPSA) is 75.7 Å². The van der Waals surface area contributed by atoms with Crippen LogP contribution in [-0.4, -0.2) is 21.2 Å². The fraction of sp³-hybridized carbons (Fsp3) is 0.273. The second-order valence-corrected chi connectivity index (χ2v) is 3.96. The van der Waals surface area contributed by atoms with E-state index in [2.05, 4.69) is 15.0 Å². The van der Waals surface area contributed by atoms with Gasteiger partial charge in [-0.1, -0.05) is 0 Å². The second-order valence-electron chi connectivity index (χ2n) is 3.96. The molecule has 2 rings (SSSR count). The van der Waals surface area contributed by atoms with Crippen LogP contribution in [-0.2, 0) is 6.18 Å². The highest BCUT2D eigenvalue weighted by Crippen LogP contribution is 2.32. The summed E-state index contributed by atoms with van der Waals surface area (Å²) >= 11 is 0. The van der Waals surface area contributed by atoms with Gasteiger partial charge in [0.25, 0.3) is 5.56 Å². The summed E-state index contributed by atoms with van der Waals surface area (Å²) in [4.78, 5) is 32.0. The normalized spacial score (nSPS) is 11.8. The zero-order valence-electron chi connectivity index (χ0n) is 9.92. The molecule has 0 bridgehead atoms. The molecule has 2 heterocycles. The van der Waals surface area contributed by atoms with Crippen molar-refractivity contribution in [3.8, 4) is 0 Å². The number of pyridine rings is 1. The first-order chi connectivity index (χ1) is 8.75. The summed E-state index contributed by atoms with van der Waals surface area (Å²) in [6.45, 7) is 2.69. The molecule has 8 heteroatoms. The molecule has 0 saturated carbocycles. The first-order valence-electron chi connectivity index (χ1n) is 5.19. The van der Waals surface area contributed by atoms with Crippen LogP contribution >= 0.6 is 0 Å². The van der Waals surface area contributed by atoms with Crippen molar-refractivity contribution in [3.63, 3.8) is 0 Å². The van der Waals surface area contributed by atoms with Crippen LogP contribution in [0.4, 0.5) is 13.2 Å². The van der Waals surface area contributed by atoms with Gasteiger partial charge in [0.1, 0.15) is 5.82 Å². The van der Waals surface area contributed by atoms with Crippen LogP contribution in [0.5, 0.6) is 0 Å². The Kier molecular flexibility index (Phi) is 2.88. The number of H-pyrrole nitrogens is 1. The van der Waals surface area contributed by atoms with E-state index in [0.29, 0.717) is 0 Å². The van der Waals surface area contributed by atoms with Crippen molar-refractivity contribution in [2.45, 2.75) is 20.0 Å². The van der Waals surface area contributed by atoms with Crippen molar-refractivity contribution in [2.24, 2.45) is 0 Å². The lowest BCUT2D eigenvalue weighted by atomic mass is 10.0. The molecule has 5 nitrogen and oxygen atoms in total. The minimum atomic E-state index is -4.78. The average Bonchev–Trinajstić information content (AvgIpc) is 2.26. The molecule has 0 aliphatic heterocycles. The highest BCUT2D eigenvalue weighted by molar-refractivity contribution is 5.89. The summed E-state index contributed by atoms with van der Waals surface area (Å²) in [6, 6.07) is 0. The molecule has 0 unspecified atom stereocenters. The smallest absolute Gasteiger partial charge is 0.310 e. The number of rotatable bonds is 1. The lowest BCUT2D eigenvalue weighted by Crippen LogP contribution is -2.18. The fourth-order valence-corrected chi connectivity index (χ4v) is 1.83. The van der Waals surface area contributed by atoms with Crippen LogP contribution in [0.15, 0.2) is 4.79 Å². The van der Waals surface area contributed by atoms with E-state index in [9.17, 15) is 22.8 Å². The van der Waals surface area contributed by atoms with Crippen molar-refractivity contribution in [1.82, 2.24) is 15.0 Å². The van der Waals surface area contributed by atoms with Crippen LogP contribution in [0.2, 0.25) is 0 Å². The van der Waals surface area contributed by atoms with Gasteiger partial charge in [0.2, 0.25) is 0 Å². The third-order valence-corrected chi connectivity index (χ3v) is 2.66. The molecular formula is C11H8F3N3O2. The summed E-state index contributed by atoms with van der Waals surface area (Å²) in [7, 11) is 0. The van der Waals surface area contributed by atoms with E-state index in [1.54, 1.807) is 0 Å². The maximum absolute atomic E-state index is 12.8. The number of alkyl halides is 3. The fourth-order valence-electron chi connectivity index (χ4n) is 1.83. The highest BCUT2D eigenvalue weighted by atomic mass is 19.4. The van der Waals surface area contributed by atoms with Crippen molar-refractivity contribution < 1.29 is 18.0 Å². The molecule has 0 radical (unpaired) electrons.